The number of pyridine rings is 1. The van der Waals surface area contributed by atoms with Crippen LogP contribution < -0.4 is 14.2 Å². The largest absolute Gasteiger partial charge is 0.507 e. The Bertz CT molecular complexity index is 1300. The first kappa shape index (κ1) is 24.5. The molecule has 3 aromatic rings. The number of ketones is 1. The van der Waals surface area contributed by atoms with Gasteiger partial charge in [0.05, 0.1) is 25.8 Å². The van der Waals surface area contributed by atoms with Gasteiger partial charge in [-0.2, -0.15) is 0 Å². The van der Waals surface area contributed by atoms with Crippen LogP contribution in [0, 0.1) is 0 Å². The summed E-state index contributed by atoms with van der Waals surface area (Å²) < 4.78 is 16.5. The molecule has 8 heteroatoms. The SMILES string of the molecule is C=CCOc1ccc(/C(O)=C2\C(=O)C(=O)N(Cc3cccnc3)[C@@H]2c2cc(OC)ccc2OC)cc1. The van der Waals surface area contributed by atoms with Crippen molar-refractivity contribution in [3.63, 3.8) is 0 Å². The van der Waals surface area contributed by atoms with Crippen LogP contribution in [0.3, 0.4) is 0 Å². The second kappa shape index (κ2) is 10.8. The van der Waals surface area contributed by atoms with Gasteiger partial charge in [0, 0.05) is 30.1 Å². The smallest absolute Gasteiger partial charge is 0.295 e. The van der Waals surface area contributed by atoms with Crippen LogP contribution in [0.15, 0.2) is 85.2 Å². The number of amides is 1. The summed E-state index contributed by atoms with van der Waals surface area (Å²) >= 11 is 0. The van der Waals surface area contributed by atoms with Gasteiger partial charge in [-0.05, 0) is 54.1 Å². The van der Waals surface area contributed by atoms with E-state index in [1.54, 1.807) is 67.0 Å². The Hall–Kier alpha value is -4.59. The Morgan fingerprint density at radius 1 is 1.08 bits per heavy atom. The summed E-state index contributed by atoms with van der Waals surface area (Å²) in [4.78, 5) is 32.1. The Morgan fingerprint density at radius 2 is 1.83 bits per heavy atom. The monoisotopic (exact) mass is 486 g/mol. The van der Waals surface area contributed by atoms with Gasteiger partial charge in [-0.3, -0.25) is 14.6 Å². The van der Waals surface area contributed by atoms with E-state index >= 15 is 0 Å². The van der Waals surface area contributed by atoms with Gasteiger partial charge in [-0.25, -0.2) is 0 Å². The first-order valence-electron chi connectivity index (χ1n) is 11.2. The maximum atomic E-state index is 13.3. The first-order chi connectivity index (χ1) is 17.5. The molecule has 1 aliphatic heterocycles. The highest BCUT2D eigenvalue weighted by molar-refractivity contribution is 6.46. The third-order valence-electron chi connectivity index (χ3n) is 5.84. The van der Waals surface area contributed by atoms with Crippen molar-refractivity contribution in [2.24, 2.45) is 0 Å². The average Bonchev–Trinajstić information content (AvgIpc) is 3.16. The molecule has 1 amide bonds. The number of methoxy groups -OCH3 is 2. The van der Waals surface area contributed by atoms with E-state index in [1.165, 1.54) is 19.1 Å². The average molecular weight is 487 g/mol. The zero-order valence-corrected chi connectivity index (χ0v) is 20.0. The van der Waals surface area contributed by atoms with E-state index in [9.17, 15) is 14.7 Å². The number of Topliss-reactive ketones (excluding diaryl/α,β-unsaturated/α-hetero) is 1. The minimum Gasteiger partial charge on any atom is -0.507 e. The standard InChI is InChI=1S/C28H26N2O6/c1-4-14-36-20-9-7-19(8-10-20)26(31)24-25(22-15-21(34-2)11-12-23(22)35-3)30(28(33)27(24)32)17-18-6-5-13-29-16-18/h4-13,15-16,25,31H,1,14,17H2,2-3H3/b26-24+/t25-/m1/s1. The minimum absolute atomic E-state index is 0.0461. The lowest BCUT2D eigenvalue weighted by atomic mass is 9.94. The van der Waals surface area contributed by atoms with Gasteiger partial charge in [0.2, 0.25) is 0 Å². The fraction of sp³-hybridized carbons (Fsp3) is 0.179. The molecule has 0 aliphatic carbocycles. The predicted octanol–water partition coefficient (Wildman–Crippen LogP) is 4.29. The normalized spacial score (nSPS) is 16.6. The molecule has 8 nitrogen and oxygen atoms in total. The summed E-state index contributed by atoms with van der Waals surface area (Å²) in [5.41, 5.74) is 1.56. The second-order valence-electron chi connectivity index (χ2n) is 8.02. The number of aromatic nitrogens is 1. The fourth-order valence-corrected chi connectivity index (χ4v) is 4.13. The fourth-order valence-electron chi connectivity index (χ4n) is 4.13. The Morgan fingerprint density at radius 3 is 2.47 bits per heavy atom. The van der Waals surface area contributed by atoms with Crippen LogP contribution in [0.25, 0.3) is 5.76 Å². The highest BCUT2D eigenvalue weighted by Gasteiger charge is 2.47. The third-order valence-corrected chi connectivity index (χ3v) is 5.84. The lowest BCUT2D eigenvalue weighted by molar-refractivity contribution is -0.140. The van der Waals surface area contributed by atoms with Crippen LogP contribution >= 0.6 is 0 Å². The molecular formula is C28H26N2O6. The van der Waals surface area contributed by atoms with Gasteiger partial charge in [0.1, 0.15) is 29.6 Å². The number of carbonyl (C=O) groups excluding carboxylic acids is 2. The van der Waals surface area contributed by atoms with Crippen LogP contribution in [-0.4, -0.2) is 47.5 Å². The summed E-state index contributed by atoms with van der Waals surface area (Å²) in [6.07, 6.45) is 4.88. The maximum absolute atomic E-state index is 13.3. The number of aliphatic hydroxyl groups excluding tert-OH is 1. The van der Waals surface area contributed by atoms with E-state index in [4.69, 9.17) is 14.2 Å². The summed E-state index contributed by atoms with van der Waals surface area (Å²) in [6.45, 7) is 4.06. The molecule has 1 saturated heterocycles. The van der Waals surface area contributed by atoms with Gasteiger partial charge < -0.3 is 24.2 Å². The molecule has 1 aliphatic rings. The van der Waals surface area contributed by atoms with Crippen molar-refractivity contribution in [1.82, 2.24) is 9.88 Å². The molecule has 0 spiro atoms. The van der Waals surface area contributed by atoms with Gasteiger partial charge in [0.25, 0.3) is 11.7 Å². The number of hydrogen-bond acceptors (Lipinski definition) is 7. The Labute approximate surface area is 209 Å². The summed E-state index contributed by atoms with van der Waals surface area (Å²) in [5.74, 6) is -0.291. The molecule has 0 saturated carbocycles. The van der Waals surface area contributed by atoms with Gasteiger partial charge in [-0.15, -0.1) is 0 Å². The molecule has 0 unspecified atom stereocenters. The predicted molar refractivity (Wildman–Crippen MR) is 134 cm³/mol. The van der Waals surface area contributed by atoms with Gasteiger partial charge in [0.15, 0.2) is 0 Å². The van der Waals surface area contributed by atoms with E-state index in [0.717, 1.165) is 5.56 Å². The number of aliphatic hydroxyl groups is 1. The van der Waals surface area contributed by atoms with Crippen LogP contribution in [-0.2, 0) is 16.1 Å². The second-order valence-corrected chi connectivity index (χ2v) is 8.02. The Kier molecular flexibility index (Phi) is 7.34. The van der Waals surface area contributed by atoms with E-state index in [2.05, 4.69) is 11.6 Å². The molecule has 1 aromatic heterocycles. The van der Waals surface area contributed by atoms with Crippen LogP contribution in [0.4, 0.5) is 0 Å². The highest BCUT2D eigenvalue weighted by Crippen LogP contribution is 2.44. The highest BCUT2D eigenvalue weighted by atomic mass is 16.5. The first-order valence-corrected chi connectivity index (χ1v) is 11.2. The maximum Gasteiger partial charge on any atom is 0.295 e. The van der Waals surface area contributed by atoms with E-state index in [1.807, 2.05) is 6.07 Å². The van der Waals surface area contributed by atoms with Crippen LogP contribution in [0.5, 0.6) is 17.2 Å². The molecule has 184 valence electrons. The summed E-state index contributed by atoms with van der Waals surface area (Å²) in [7, 11) is 3.02. The number of nitrogens with zero attached hydrogens (tertiary/aromatic N) is 2. The van der Waals surface area contributed by atoms with Crippen molar-refractivity contribution in [1.29, 1.82) is 0 Å². The van der Waals surface area contributed by atoms with Crippen molar-refractivity contribution >= 4 is 17.4 Å². The molecule has 2 heterocycles. The number of carbonyl (C=O) groups is 2. The van der Waals surface area contributed by atoms with E-state index in [-0.39, 0.29) is 17.9 Å². The lowest BCUT2D eigenvalue weighted by Gasteiger charge is -2.27. The van der Waals surface area contributed by atoms with Crippen molar-refractivity contribution in [2.75, 3.05) is 20.8 Å². The number of hydrogen-bond donors (Lipinski definition) is 1. The van der Waals surface area contributed by atoms with Crippen molar-refractivity contribution in [2.45, 2.75) is 12.6 Å². The molecule has 0 radical (unpaired) electrons. The number of rotatable bonds is 9. The van der Waals surface area contributed by atoms with Gasteiger partial charge >= 0.3 is 0 Å². The van der Waals surface area contributed by atoms with Crippen molar-refractivity contribution in [3.8, 4) is 17.2 Å². The molecule has 2 aromatic carbocycles. The number of likely N-dealkylation sites (tertiary alicyclic amines) is 1. The molecule has 1 N–H and O–H groups in total. The topological polar surface area (TPSA) is 98.2 Å². The van der Waals surface area contributed by atoms with Crippen LogP contribution in [0.2, 0.25) is 0 Å². The summed E-state index contributed by atoms with van der Waals surface area (Å²) in [6, 6.07) is 14.4. The molecule has 4 rings (SSSR count). The molecule has 1 fully saturated rings. The Balaban J connectivity index is 1.87. The zero-order chi connectivity index (χ0) is 25.7. The van der Waals surface area contributed by atoms with Gasteiger partial charge in [-0.1, -0.05) is 18.7 Å². The summed E-state index contributed by atoms with van der Waals surface area (Å²) in [5, 5.41) is 11.3. The number of ether oxygens (including phenoxy) is 3. The van der Waals surface area contributed by atoms with Crippen molar-refractivity contribution < 1.29 is 28.9 Å². The third kappa shape index (κ3) is 4.79. The van der Waals surface area contributed by atoms with Crippen LogP contribution in [0.1, 0.15) is 22.7 Å². The minimum atomic E-state index is -0.924. The lowest BCUT2D eigenvalue weighted by Crippen LogP contribution is -2.29. The molecular weight excluding hydrogens is 460 g/mol. The molecule has 1 atom stereocenters. The molecule has 36 heavy (non-hydrogen) atoms. The molecule has 0 bridgehead atoms. The number of benzene rings is 2. The zero-order valence-electron chi connectivity index (χ0n) is 20.0. The van der Waals surface area contributed by atoms with Crippen molar-refractivity contribution in [3.05, 3.63) is 102 Å². The van der Waals surface area contributed by atoms with E-state index < -0.39 is 17.7 Å². The van der Waals surface area contributed by atoms with E-state index in [0.29, 0.717) is 35.0 Å². The quantitative estimate of drug-likeness (QED) is 0.209.